The summed E-state index contributed by atoms with van der Waals surface area (Å²) in [7, 11) is 3.08. The van der Waals surface area contributed by atoms with E-state index in [-0.39, 0.29) is 0 Å². The highest BCUT2D eigenvalue weighted by Gasteiger charge is 1.77. The molecule has 0 aliphatic rings. The fourth-order valence-electron chi connectivity index (χ4n) is 0.247. The molecule has 0 saturated heterocycles. The SMILES string of the molecule is COC#COCCOC. The summed E-state index contributed by atoms with van der Waals surface area (Å²) in [6, 6.07) is 0. The molecule has 0 aromatic rings. The molecule has 0 radical (unpaired) electrons. The first-order chi connectivity index (χ1) is 4.41. The lowest BCUT2D eigenvalue weighted by Gasteiger charge is -1.93. The summed E-state index contributed by atoms with van der Waals surface area (Å²) in [5.41, 5.74) is 0. The van der Waals surface area contributed by atoms with Crippen molar-refractivity contribution in [3.8, 4) is 12.2 Å². The molecule has 0 rings (SSSR count). The highest BCUT2D eigenvalue weighted by atomic mass is 16.5. The van der Waals surface area contributed by atoms with Crippen molar-refractivity contribution in [2.75, 3.05) is 27.4 Å². The van der Waals surface area contributed by atoms with Crippen LogP contribution in [0.5, 0.6) is 0 Å². The van der Waals surface area contributed by atoms with Gasteiger partial charge in [-0.2, -0.15) is 0 Å². The van der Waals surface area contributed by atoms with Gasteiger partial charge in [0.15, 0.2) is 12.2 Å². The molecule has 0 fully saturated rings. The van der Waals surface area contributed by atoms with Gasteiger partial charge in [-0.1, -0.05) is 0 Å². The molecule has 0 spiro atoms. The van der Waals surface area contributed by atoms with E-state index in [0.29, 0.717) is 13.2 Å². The second-order valence-corrected chi connectivity index (χ2v) is 1.25. The van der Waals surface area contributed by atoms with Crippen molar-refractivity contribution >= 4 is 0 Å². The maximum absolute atomic E-state index is 4.70. The summed E-state index contributed by atoms with van der Waals surface area (Å²) < 4.78 is 13.8. The molecule has 3 nitrogen and oxygen atoms in total. The number of ether oxygens (including phenoxy) is 3. The second-order valence-electron chi connectivity index (χ2n) is 1.25. The Morgan fingerprint density at radius 1 is 1.11 bits per heavy atom. The lowest BCUT2D eigenvalue weighted by atomic mass is 10.8. The summed E-state index contributed by atoms with van der Waals surface area (Å²) in [6.45, 7) is 1.03. The van der Waals surface area contributed by atoms with Crippen molar-refractivity contribution < 1.29 is 14.2 Å². The van der Waals surface area contributed by atoms with Gasteiger partial charge in [-0.15, -0.1) is 0 Å². The average Bonchev–Trinajstić information content (AvgIpc) is 1.89. The van der Waals surface area contributed by atoms with Crippen LogP contribution < -0.4 is 0 Å². The van der Waals surface area contributed by atoms with Crippen LogP contribution >= 0.6 is 0 Å². The maximum Gasteiger partial charge on any atom is 0.155 e. The van der Waals surface area contributed by atoms with Crippen molar-refractivity contribution in [3.05, 3.63) is 0 Å². The van der Waals surface area contributed by atoms with E-state index < -0.39 is 0 Å². The van der Waals surface area contributed by atoms with Crippen LogP contribution in [0, 0.1) is 12.2 Å². The quantitative estimate of drug-likeness (QED) is 0.404. The fourth-order valence-corrected chi connectivity index (χ4v) is 0.247. The van der Waals surface area contributed by atoms with Crippen LogP contribution in [0.1, 0.15) is 0 Å². The van der Waals surface area contributed by atoms with Gasteiger partial charge in [0.05, 0.1) is 13.7 Å². The third-order valence-electron chi connectivity index (χ3n) is 0.605. The highest BCUT2D eigenvalue weighted by molar-refractivity contribution is 4.79. The molecule has 52 valence electrons. The van der Waals surface area contributed by atoms with E-state index in [1.54, 1.807) is 7.11 Å². The van der Waals surface area contributed by atoms with Crippen LogP contribution in [-0.4, -0.2) is 27.4 Å². The highest BCUT2D eigenvalue weighted by Crippen LogP contribution is 1.70. The first-order valence-electron chi connectivity index (χ1n) is 2.55. The van der Waals surface area contributed by atoms with E-state index in [9.17, 15) is 0 Å². The molecule has 0 aromatic carbocycles. The third kappa shape index (κ3) is 7.12. The molecule has 9 heavy (non-hydrogen) atoms. The summed E-state index contributed by atoms with van der Waals surface area (Å²) >= 11 is 0. The molecular formula is C6H10O3. The van der Waals surface area contributed by atoms with Gasteiger partial charge in [0.25, 0.3) is 0 Å². The van der Waals surface area contributed by atoms with Crippen LogP contribution in [0.25, 0.3) is 0 Å². The fraction of sp³-hybridized carbons (Fsp3) is 0.667. The Labute approximate surface area is 54.9 Å². The Bertz CT molecular complexity index is 101. The van der Waals surface area contributed by atoms with Crippen LogP contribution in [0.15, 0.2) is 0 Å². The van der Waals surface area contributed by atoms with Crippen LogP contribution in [0.2, 0.25) is 0 Å². The monoisotopic (exact) mass is 130 g/mol. The van der Waals surface area contributed by atoms with Crippen LogP contribution in [-0.2, 0) is 14.2 Å². The van der Waals surface area contributed by atoms with Gasteiger partial charge in [-0.25, -0.2) is 0 Å². The number of hydrogen-bond acceptors (Lipinski definition) is 3. The maximum atomic E-state index is 4.70. The van der Waals surface area contributed by atoms with Gasteiger partial charge < -0.3 is 14.2 Å². The molecule has 0 unspecified atom stereocenters. The zero-order valence-corrected chi connectivity index (χ0v) is 5.64. The van der Waals surface area contributed by atoms with Crippen molar-refractivity contribution in [2.24, 2.45) is 0 Å². The summed E-state index contributed by atoms with van der Waals surface area (Å²) in [6.07, 6.45) is 4.60. The normalized spacial score (nSPS) is 7.33. The largest absolute Gasteiger partial charge is 0.448 e. The first-order valence-corrected chi connectivity index (χ1v) is 2.55. The summed E-state index contributed by atoms with van der Waals surface area (Å²) in [4.78, 5) is 0. The predicted molar refractivity (Wildman–Crippen MR) is 32.6 cm³/mol. The molecule has 0 atom stereocenters. The number of rotatable bonds is 3. The Morgan fingerprint density at radius 3 is 2.44 bits per heavy atom. The molecule has 0 bridgehead atoms. The zero-order chi connectivity index (χ0) is 6.95. The smallest absolute Gasteiger partial charge is 0.155 e. The van der Waals surface area contributed by atoms with E-state index in [1.165, 1.54) is 7.11 Å². The van der Waals surface area contributed by atoms with Gasteiger partial charge in [0.2, 0.25) is 0 Å². The molecule has 3 heteroatoms. The van der Waals surface area contributed by atoms with Gasteiger partial charge >= 0.3 is 0 Å². The third-order valence-corrected chi connectivity index (χ3v) is 0.605. The van der Waals surface area contributed by atoms with E-state index >= 15 is 0 Å². The Kier molecular flexibility index (Phi) is 6.42. The van der Waals surface area contributed by atoms with Gasteiger partial charge in [-0.05, 0) is 0 Å². The van der Waals surface area contributed by atoms with Crippen LogP contribution in [0.4, 0.5) is 0 Å². The van der Waals surface area contributed by atoms with Gasteiger partial charge in [-0.3, -0.25) is 0 Å². The molecule has 0 saturated carbocycles. The van der Waals surface area contributed by atoms with Crippen molar-refractivity contribution in [3.63, 3.8) is 0 Å². The lowest BCUT2D eigenvalue weighted by Crippen LogP contribution is -1.96. The summed E-state index contributed by atoms with van der Waals surface area (Å²) in [5, 5.41) is 0. The minimum atomic E-state index is 0.479. The Balaban J connectivity index is 2.90. The predicted octanol–water partition coefficient (Wildman–Crippen LogP) is 0.214. The number of methoxy groups -OCH3 is 2. The van der Waals surface area contributed by atoms with Crippen molar-refractivity contribution in [1.82, 2.24) is 0 Å². The van der Waals surface area contributed by atoms with Gasteiger partial charge in [0, 0.05) is 7.11 Å². The van der Waals surface area contributed by atoms with E-state index in [4.69, 9.17) is 4.74 Å². The van der Waals surface area contributed by atoms with Crippen molar-refractivity contribution in [1.29, 1.82) is 0 Å². The molecule has 0 amide bonds. The molecule has 0 aliphatic carbocycles. The molecule has 0 heterocycles. The van der Waals surface area contributed by atoms with E-state index in [0.717, 1.165) is 0 Å². The minimum Gasteiger partial charge on any atom is -0.448 e. The molecule has 0 aliphatic heterocycles. The second kappa shape index (κ2) is 7.12. The zero-order valence-electron chi connectivity index (χ0n) is 5.64. The average molecular weight is 130 g/mol. The molecular weight excluding hydrogens is 120 g/mol. The Morgan fingerprint density at radius 2 is 1.89 bits per heavy atom. The molecule has 0 N–H and O–H groups in total. The van der Waals surface area contributed by atoms with Crippen molar-refractivity contribution in [2.45, 2.75) is 0 Å². The van der Waals surface area contributed by atoms with Gasteiger partial charge in [0.1, 0.15) is 6.61 Å². The lowest BCUT2D eigenvalue weighted by molar-refractivity contribution is 0.131. The van der Waals surface area contributed by atoms with Crippen LogP contribution in [0.3, 0.4) is 0 Å². The van der Waals surface area contributed by atoms with E-state index in [1.807, 2.05) is 0 Å². The Hall–Kier alpha value is -0.880. The number of hydrogen-bond donors (Lipinski definition) is 0. The topological polar surface area (TPSA) is 27.7 Å². The molecule has 0 aromatic heterocycles. The van der Waals surface area contributed by atoms with E-state index in [2.05, 4.69) is 21.7 Å². The minimum absolute atomic E-state index is 0.479. The standard InChI is InChI=1S/C6H10O3/c1-7-3-5-9-6-4-8-2/h3,5H2,1-2H3. The first kappa shape index (κ1) is 8.12. The summed E-state index contributed by atoms with van der Waals surface area (Å²) in [5.74, 6) is 0.